The molecular weight excluding hydrogens is 246 g/mol. The van der Waals surface area contributed by atoms with Crippen LogP contribution in [0.3, 0.4) is 0 Å². The van der Waals surface area contributed by atoms with Crippen molar-refractivity contribution < 1.29 is 9.72 Å². The van der Waals surface area contributed by atoms with Gasteiger partial charge in [-0.3, -0.25) is 14.9 Å². The summed E-state index contributed by atoms with van der Waals surface area (Å²) in [5, 5.41) is 10.9. The molecule has 1 saturated heterocycles. The van der Waals surface area contributed by atoms with Crippen molar-refractivity contribution in [2.75, 3.05) is 13.1 Å². The van der Waals surface area contributed by atoms with E-state index in [-0.39, 0.29) is 17.6 Å². The number of piperidine rings is 1. The fraction of sp³-hybridized carbons (Fsp3) is 0.462. The lowest BCUT2D eigenvalue weighted by molar-refractivity contribution is -0.385. The monoisotopic (exact) mass is 263 g/mol. The Balaban J connectivity index is 2.28. The molecule has 1 aromatic carbocycles. The van der Waals surface area contributed by atoms with Crippen molar-refractivity contribution in [2.24, 2.45) is 5.73 Å². The van der Waals surface area contributed by atoms with E-state index >= 15 is 0 Å². The first-order chi connectivity index (χ1) is 9.00. The number of likely N-dealkylation sites (tertiary alicyclic amines) is 1. The smallest absolute Gasteiger partial charge is 0.273 e. The fourth-order valence-electron chi connectivity index (χ4n) is 2.42. The molecule has 0 aromatic heterocycles. The maximum Gasteiger partial charge on any atom is 0.273 e. The third kappa shape index (κ3) is 2.73. The predicted molar refractivity (Wildman–Crippen MR) is 70.9 cm³/mol. The highest BCUT2D eigenvalue weighted by molar-refractivity contribution is 5.96. The third-order valence-corrected chi connectivity index (χ3v) is 3.48. The number of nitrogens with two attached hydrogens (primary N) is 1. The minimum absolute atomic E-state index is 0.00305. The Bertz CT molecular complexity index is 516. The van der Waals surface area contributed by atoms with Crippen LogP contribution in [0.1, 0.15) is 28.8 Å². The van der Waals surface area contributed by atoms with Gasteiger partial charge in [-0.15, -0.1) is 0 Å². The van der Waals surface area contributed by atoms with Gasteiger partial charge in [0.1, 0.15) is 0 Å². The average molecular weight is 263 g/mol. The van der Waals surface area contributed by atoms with Gasteiger partial charge in [-0.25, -0.2) is 0 Å². The topological polar surface area (TPSA) is 89.5 Å². The standard InChI is InChI=1S/C13H17N3O3/c1-9-11(5-2-6-12(9)16(18)19)13(17)15-7-3-4-10(14)8-15/h2,5-6,10H,3-4,7-8,14H2,1H3/t10-/m1/s1. The molecule has 2 rings (SSSR count). The van der Waals surface area contributed by atoms with E-state index in [0.717, 1.165) is 12.8 Å². The van der Waals surface area contributed by atoms with E-state index in [1.807, 2.05) is 0 Å². The van der Waals surface area contributed by atoms with E-state index in [9.17, 15) is 14.9 Å². The van der Waals surface area contributed by atoms with Gasteiger partial charge in [0.05, 0.1) is 4.92 Å². The lowest BCUT2D eigenvalue weighted by Crippen LogP contribution is -2.45. The molecule has 0 aliphatic carbocycles. The number of amides is 1. The number of rotatable bonds is 2. The lowest BCUT2D eigenvalue weighted by Gasteiger charge is -2.31. The van der Waals surface area contributed by atoms with Crippen molar-refractivity contribution >= 4 is 11.6 Å². The molecule has 1 aromatic rings. The normalized spacial score (nSPS) is 19.3. The fourth-order valence-corrected chi connectivity index (χ4v) is 2.42. The molecule has 1 aliphatic heterocycles. The van der Waals surface area contributed by atoms with Crippen LogP contribution in [0.25, 0.3) is 0 Å². The number of nitro groups is 1. The molecule has 6 heteroatoms. The highest BCUT2D eigenvalue weighted by Crippen LogP contribution is 2.23. The number of nitro benzene ring substituents is 1. The van der Waals surface area contributed by atoms with Crippen LogP contribution >= 0.6 is 0 Å². The van der Waals surface area contributed by atoms with Crippen LogP contribution in [-0.4, -0.2) is 34.9 Å². The van der Waals surface area contributed by atoms with Gasteiger partial charge in [0.25, 0.3) is 11.6 Å². The van der Waals surface area contributed by atoms with E-state index in [4.69, 9.17) is 5.73 Å². The van der Waals surface area contributed by atoms with Crippen LogP contribution in [0.2, 0.25) is 0 Å². The molecule has 0 spiro atoms. The number of hydrogen-bond acceptors (Lipinski definition) is 4. The van der Waals surface area contributed by atoms with Crippen LogP contribution in [0.5, 0.6) is 0 Å². The van der Waals surface area contributed by atoms with Crippen LogP contribution in [0.4, 0.5) is 5.69 Å². The Morgan fingerprint density at radius 2 is 2.26 bits per heavy atom. The van der Waals surface area contributed by atoms with Gasteiger partial charge >= 0.3 is 0 Å². The van der Waals surface area contributed by atoms with Gasteiger partial charge in [-0.2, -0.15) is 0 Å². The summed E-state index contributed by atoms with van der Waals surface area (Å²) in [5.41, 5.74) is 6.64. The maximum absolute atomic E-state index is 12.4. The number of carbonyl (C=O) groups is 1. The van der Waals surface area contributed by atoms with E-state index in [1.165, 1.54) is 6.07 Å². The van der Waals surface area contributed by atoms with Gasteiger partial charge in [0, 0.05) is 36.3 Å². The van der Waals surface area contributed by atoms with Crippen molar-refractivity contribution in [3.63, 3.8) is 0 Å². The molecule has 6 nitrogen and oxygen atoms in total. The zero-order valence-electron chi connectivity index (χ0n) is 10.8. The summed E-state index contributed by atoms with van der Waals surface area (Å²) in [4.78, 5) is 24.5. The first-order valence-electron chi connectivity index (χ1n) is 6.29. The second-order valence-corrected chi connectivity index (χ2v) is 4.86. The second-order valence-electron chi connectivity index (χ2n) is 4.86. The minimum Gasteiger partial charge on any atom is -0.337 e. The van der Waals surface area contributed by atoms with E-state index in [0.29, 0.717) is 24.2 Å². The van der Waals surface area contributed by atoms with Crippen molar-refractivity contribution in [1.82, 2.24) is 4.90 Å². The second kappa shape index (κ2) is 5.36. The predicted octanol–water partition coefficient (Wildman–Crippen LogP) is 1.47. The number of hydrogen-bond donors (Lipinski definition) is 1. The molecule has 1 amide bonds. The quantitative estimate of drug-likeness (QED) is 0.646. The zero-order valence-corrected chi connectivity index (χ0v) is 10.8. The SMILES string of the molecule is Cc1c(C(=O)N2CCC[C@@H](N)C2)cccc1[N+](=O)[O-]. The van der Waals surface area contributed by atoms with Crippen molar-refractivity contribution in [3.05, 3.63) is 39.4 Å². The highest BCUT2D eigenvalue weighted by Gasteiger charge is 2.25. The van der Waals surface area contributed by atoms with Gasteiger partial charge in [0.15, 0.2) is 0 Å². The molecule has 2 N–H and O–H groups in total. The Hall–Kier alpha value is -1.95. The van der Waals surface area contributed by atoms with Crippen molar-refractivity contribution in [1.29, 1.82) is 0 Å². The van der Waals surface area contributed by atoms with Crippen LogP contribution in [0.15, 0.2) is 18.2 Å². The molecule has 1 atom stereocenters. The van der Waals surface area contributed by atoms with Gasteiger partial charge in [-0.05, 0) is 25.8 Å². The minimum atomic E-state index is -0.464. The lowest BCUT2D eigenvalue weighted by atomic mass is 10.0. The van der Waals surface area contributed by atoms with E-state index < -0.39 is 4.92 Å². The molecule has 0 saturated carbocycles. The largest absolute Gasteiger partial charge is 0.337 e. The molecule has 1 heterocycles. The third-order valence-electron chi connectivity index (χ3n) is 3.48. The maximum atomic E-state index is 12.4. The van der Waals surface area contributed by atoms with E-state index in [1.54, 1.807) is 24.0 Å². The van der Waals surface area contributed by atoms with Crippen molar-refractivity contribution in [2.45, 2.75) is 25.8 Å². The summed E-state index contributed by atoms with van der Waals surface area (Å²) in [7, 11) is 0. The molecule has 0 radical (unpaired) electrons. The molecule has 1 fully saturated rings. The van der Waals surface area contributed by atoms with E-state index in [2.05, 4.69) is 0 Å². The molecule has 1 aliphatic rings. The Labute approximate surface area is 111 Å². The molecule has 19 heavy (non-hydrogen) atoms. The summed E-state index contributed by atoms with van der Waals surface area (Å²) < 4.78 is 0. The first kappa shape index (κ1) is 13.5. The molecule has 0 unspecified atom stereocenters. The number of carbonyl (C=O) groups excluding carboxylic acids is 1. The highest BCUT2D eigenvalue weighted by atomic mass is 16.6. The Kier molecular flexibility index (Phi) is 3.80. The number of benzene rings is 1. The van der Waals surface area contributed by atoms with Crippen molar-refractivity contribution in [3.8, 4) is 0 Å². The first-order valence-corrected chi connectivity index (χ1v) is 6.29. The average Bonchev–Trinajstić information content (AvgIpc) is 2.38. The van der Waals surface area contributed by atoms with Gasteiger partial charge in [-0.1, -0.05) is 6.07 Å². The van der Waals surface area contributed by atoms with Gasteiger partial charge in [0.2, 0.25) is 0 Å². The Morgan fingerprint density at radius 3 is 2.89 bits per heavy atom. The summed E-state index contributed by atoms with van der Waals surface area (Å²) in [6.07, 6.45) is 1.79. The molecule has 102 valence electrons. The van der Waals surface area contributed by atoms with Crippen LogP contribution in [-0.2, 0) is 0 Å². The summed E-state index contributed by atoms with van der Waals surface area (Å²) in [6, 6.07) is 4.58. The van der Waals surface area contributed by atoms with Gasteiger partial charge < -0.3 is 10.6 Å². The molecular formula is C13H17N3O3. The summed E-state index contributed by atoms with van der Waals surface area (Å²) in [5.74, 6) is -0.170. The number of nitrogens with zero attached hydrogens (tertiary/aromatic N) is 2. The van der Waals surface area contributed by atoms with Crippen LogP contribution < -0.4 is 5.73 Å². The zero-order chi connectivity index (χ0) is 14.0. The Morgan fingerprint density at radius 1 is 1.53 bits per heavy atom. The molecule has 0 bridgehead atoms. The van der Waals surface area contributed by atoms with Crippen LogP contribution in [0, 0.1) is 17.0 Å². The summed E-state index contributed by atoms with van der Waals surface area (Å²) >= 11 is 0. The summed E-state index contributed by atoms with van der Waals surface area (Å²) in [6.45, 7) is 2.78.